The molecule has 0 unspecified atom stereocenters. The summed E-state index contributed by atoms with van der Waals surface area (Å²) in [7, 11) is 2.09. The van der Waals surface area contributed by atoms with Crippen molar-refractivity contribution in [2.24, 2.45) is 0 Å². The second-order valence-corrected chi connectivity index (χ2v) is 9.10. The van der Waals surface area contributed by atoms with E-state index >= 15 is 0 Å². The van der Waals surface area contributed by atoms with Crippen molar-refractivity contribution < 1.29 is 8.78 Å². The Labute approximate surface area is 175 Å². The van der Waals surface area contributed by atoms with Crippen LogP contribution in [0.2, 0.25) is 0 Å². The molecule has 8 heteroatoms. The highest BCUT2D eigenvalue weighted by molar-refractivity contribution is 5.83. The van der Waals surface area contributed by atoms with Gasteiger partial charge >= 0.3 is 0 Å². The van der Waals surface area contributed by atoms with Crippen LogP contribution in [0.15, 0.2) is 18.3 Å². The minimum absolute atomic E-state index is 0.0838. The summed E-state index contributed by atoms with van der Waals surface area (Å²) in [6.45, 7) is 9.91. The topological polar surface area (TPSA) is 58.9 Å². The van der Waals surface area contributed by atoms with Gasteiger partial charge in [-0.25, -0.2) is 23.7 Å². The van der Waals surface area contributed by atoms with Gasteiger partial charge in [0.2, 0.25) is 5.95 Å². The summed E-state index contributed by atoms with van der Waals surface area (Å²) in [6, 6.07) is 3.30. The maximum absolute atomic E-state index is 14.9. The van der Waals surface area contributed by atoms with Crippen LogP contribution in [0.25, 0.3) is 22.3 Å². The molecule has 1 fully saturated rings. The summed E-state index contributed by atoms with van der Waals surface area (Å²) in [5, 5.41) is 3.30. The van der Waals surface area contributed by atoms with E-state index in [2.05, 4.69) is 32.2 Å². The molecule has 0 amide bonds. The van der Waals surface area contributed by atoms with Gasteiger partial charge in [0, 0.05) is 17.1 Å². The maximum Gasteiger partial charge on any atom is 0.223 e. The van der Waals surface area contributed by atoms with Gasteiger partial charge in [0.05, 0.1) is 11.7 Å². The minimum Gasteiger partial charge on any atom is -0.351 e. The van der Waals surface area contributed by atoms with Crippen molar-refractivity contribution in [3.8, 4) is 11.3 Å². The molecule has 1 N–H and O–H groups in total. The van der Waals surface area contributed by atoms with E-state index in [1.807, 2.05) is 32.3 Å². The second kappa shape index (κ2) is 7.58. The first-order chi connectivity index (χ1) is 14.1. The molecule has 0 saturated carbocycles. The molecule has 0 spiro atoms. The lowest BCUT2D eigenvalue weighted by Gasteiger charge is -2.29. The molecule has 0 atom stereocenters. The van der Waals surface area contributed by atoms with Crippen LogP contribution < -0.4 is 5.32 Å². The fourth-order valence-corrected chi connectivity index (χ4v) is 4.21. The SMILES string of the molecule is Cc1nc2c(F)cc(-c3nc(NC4CCN(C)CC4)ncc3F)cc2n1C(C)(C)C. The van der Waals surface area contributed by atoms with Crippen LogP contribution in [0, 0.1) is 18.6 Å². The predicted octanol–water partition coefficient (Wildman–Crippen LogP) is 4.34. The lowest BCUT2D eigenvalue weighted by Crippen LogP contribution is -2.37. The van der Waals surface area contributed by atoms with Gasteiger partial charge in [-0.3, -0.25) is 0 Å². The largest absolute Gasteiger partial charge is 0.351 e. The van der Waals surface area contributed by atoms with Crippen LogP contribution in [0.4, 0.5) is 14.7 Å². The van der Waals surface area contributed by atoms with Crippen LogP contribution in [-0.2, 0) is 5.54 Å². The highest BCUT2D eigenvalue weighted by Gasteiger charge is 2.23. The monoisotopic (exact) mass is 414 g/mol. The number of hydrogen-bond donors (Lipinski definition) is 1. The van der Waals surface area contributed by atoms with Gasteiger partial charge in [0.25, 0.3) is 0 Å². The number of likely N-dealkylation sites (tertiary alicyclic amines) is 1. The molecule has 30 heavy (non-hydrogen) atoms. The highest BCUT2D eigenvalue weighted by Crippen LogP contribution is 2.31. The predicted molar refractivity (Wildman–Crippen MR) is 115 cm³/mol. The summed E-state index contributed by atoms with van der Waals surface area (Å²) >= 11 is 0. The highest BCUT2D eigenvalue weighted by atomic mass is 19.1. The van der Waals surface area contributed by atoms with E-state index in [1.54, 1.807) is 6.07 Å². The molecule has 6 nitrogen and oxygen atoms in total. The Bertz CT molecular complexity index is 1080. The summed E-state index contributed by atoms with van der Waals surface area (Å²) in [5.41, 5.74) is 1.06. The van der Waals surface area contributed by atoms with Crippen LogP contribution in [0.5, 0.6) is 0 Å². The smallest absolute Gasteiger partial charge is 0.223 e. The molecular weight excluding hydrogens is 386 g/mol. The standard InChI is InChI=1S/C22H28F2N6/c1-13-26-20-16(23)10-14(11-18(20)30(13)22(2,3)4)19-17(24)12-25-21(28-19)27-15-6-8-29(5)9-7-15/h10-12,15H,6-9H2,1-5H3,(H,25,27,28). The second-order valence-electron chi connectivity index (χ2n) is 9.10. The van der Waals surface area contributed by atoms with Crippen LogP contribution in [0.3, 0.4) is 0 Å². The number of fused-ring (bicyclic) bond motifs is 1. The van der Waals surface area contributed by atoms with Crippen LogP contribution in [-0.4, -0.2) is 50.6 Å². The van der Waals surface area contributed by atoms with Crippen molar-refractivity contribution in [2.45, 2.75) is 52.1 Å². The van der Waals surface area contributed by atoms with Gasteiger partial charge < -0.3 is 14.8 Å². The van der Waals surface area contributed by atoms with E-state index in [0.29, 0.717) is 22.9 Å². The van der Waals surface area contributed by atoms with E-state index in [-0.39, 0.29) is 22.8 Å². The molecule has 3 heterocycles. The van der Waals surface area contributed by atoms with Gasteiger partial charge in [-0.15, -0.1) is 0 Å². The molecule has 2 aromatic heterocycles. The number of aryl methyl sites for hydroxylation is 1. The maximum atomic E-state index is 14.9. The molecule has 0 bridgehead atoms. The van der Waals surface area contributed by atoms with Crippen LogP contribution in [0.1, 0.15) is 39.4 Å². The Morgan fingerprint density at radius 3 is 2.43 bits per heavy atom. The van der Waals surface area contributed by atoms with Crippen molar-refractivity contribution >= 4 is 17.0 Å². The summed E-state index contributed by atoms with van der Waals surface area (Å²) < 4.78 is 31.5. The van der Waals surface area contributed by atoms with Crippen molar-refractivity contribution in [3.63, 3.8) is 0 Å². The quantitative estimate of drug-likeness (QED) is 0.691. The van der Waals surface area contributed by atoms with Gasteiger partial charge in [0.15, 0.2) is 11.6 Å². The van der Waals surface area contributed by atoms with Gasteiger partial charge in [-0.1, -0.05) is 0 Å². The van der Waals surface area contributed by atoms with Gasteiger partial charge in [-0.2, -0.15) is 0 Å². The number of anilines is 1. The van der Waals surface area contributed by atoms with E-state index in [0.717, 1.165) is 32.1 Å². The molecule has 1 aliphatic rings. The summed E-state index contributed by atoms with van der Waals surface area (Å²) in [5.74, 6) is 0.000891. The molecular formula is C22H28F2N6. The average Bonchev–Trinajstić information content (AvgIpc) is 3.02. The third-order valence-electron chi connectivity index (χ3n) is 5.62. The molecule has 1 saturated heterocycles. The van der Waals surface area contributed by atoms with Gasteiger partial charge in [0.1, 0.15) is 17.0 Å². The number of benzene rings is 1. The zero-order valence-electron chi connectivity index (χ0n) is 18.1. The lowest BCUT2D eigenvalue weighted by molar-refractivity contribution is 0.263. The van der Waals surface area contributed by atoms with Crippen molar-refractivity contribution in [3.05, 3.63) is 35.8 Å². The summed E-state index contributed by atoms with van der Waals surface area (Å²) in [6.07, 6.45) is 3.09. The van der Waals surface area contributed by atoms with E-state index in [4.69, 9.17) is 0 Å². The van der Waals surface area contributed by atoms with E-state index in [9.17, 15) is 8.78 Å². The third-order valence-corrected chi connectivity index (χ3v) is 5.62. The molecule has 1 aromatic carbocycles. The molecule has 160 valence electrons. The zero-order valence-corrected chi connectivity index (χ0v) is 18.1. The number of piperidine rings is 1. The molecule has 4 rings (SSSR count). The zero-order chi connectivity index (χ0) is 21.6. The van der Waals surface area contributed by atoms with E-state index < -0.39 is 11.6 Å². The van der Waals surface area contributed by atoms with Crippen molar-refractivity contribution in [2.75, 3.05) is 25.5 Å². The fourth-order valence-electron chi connectivity index (χ4n) is 4.21. The van der Waals surface area contributed by atoms with Crippen LogP contribution >= 0.6 is 0 Å². The number of nitrogens with zero attached hydrogens (tertiary/aromatic N) is 5. The normalized spacial score (nSPS) is 16.4. The first kappa shape index (κ1) is 20.7. The first-order valence-electron chi connectivity index (χ1n) is 10.3. The van der Waals surface area contributed by atoms with Crippen molar-refractivity contribution in [1.29, 1.82) is 0 Å². The number of hydrogen-bond acceptors (Lipinski definition) is 5. The third kappa shape index (κ3) is 3.88. The molecule has 3 aromatic rings. The van der Waals surface area contributed by atoms with E-state index in [1.165, 1.54) is 6.07 Å². The number of rotatable bonds is 3. The first-order valence-corrected chi connectivity index (χ1v) is 10.3. The Hall–Kier alpha value is -2.61. The minimum atomic E-state index is -0.582. The average molecular weight is 415 g/mol. The van der Waals surface area contributed by atoms with Crippen molar-refractivity contribution in [1.82, 2.24) is 24.4 Å². The molecule has 0 radical (unpaired) electrons. The Kier molecular flexibility index (Phi) is 5.22. The number of nitrogens with one attached hydrogen (secondary N) is 1. The lowest BCUT2D eigenvalue weighted by atomic mass is 10.1. The Morgan fingerprint density at radius 1 is 1.07 bits per heavy atom. The number of imidazole rings is 1. The number of halogens is 2. The molecule has 1 aliphatic heterocycles. The number of aromatic nitrogens is 4. The van der Waals surface area contributed by atoms with Gasteiger partial charge in [-0.05, 0) is 72.8 Å². The Balaban J connectivity index is 1.74. The molecule has 0 aliphatic carbocycles. The summed E-state index contributed by atoms with van der Waals surface area (Å²) in [4.78, 5) is 15.1. The Morgan fingerprint density at radius 2 is 1.77 bits per heavy atom. The fraction of sp³-hybridized carbons (Fsp3) is 0.500.